The van der Waals surface area contributed by atoms with Gasteiger partial charge in [-0.2, -0.15) is 0 Å². The third kappa shape index (κ3) is 6.29. The molecular weight excluding hydrogens is 226 g/mol. The number of hydrogen-bond donors (Lipinski definition) is 4. The number of aliphatic carboxylic acids is 1. The van der Waals surface area contributed by atoms with Gasteiger partial charge in [-0.05, 0) is 17.7 Å². The van der Waals surface area contributed by atoms with Crippen molar-refractivity contribution < 1.29 is 24.9 Å². The van der Waals surface area contributed by atoms with E-state index in [1.807, 2.05) is 0 Å². The number of carboxylic acid groups (broad SMARTS) is 1. The number of carbonyl (C=O) groups is 2. The van der Waals surface area contributed by atoms with Crippen molar-refractivity contribution in [2.24, 2.45) is 5.73 Å². The molecule has 0 aliphatic carbocycles. The molecule has 1 aromatic carbocycles. The molecule has 0 saturated heterocycles. The standard InChI is InChI=1S/C8H11NO2.C3H4O3/c9-5-8(11)6-1-3-7(10)4-2-6;1-2(4)3(5)6/h1-4,8,10-11H,5,9H2;1H3,(H,5,6). The van der Waals surface area contributed by atoms with E-state index < -0.39 is 17.9 Å². The minimum absolute atomic E-state index is 0.193. The van der Waals surface area contributed by atoms with Crippen LogP contribution in [0.25, 0.3) is 0 Å². The van der Waals surface area contributed by atoms with Gasteiger partial charge in [0.25, 0.3) is 0 Å². The largest absolute Gasteiger partial charge is 0.508 e. The zero-order chi connectivity index (χ0) is 13.4. The van der Waals surface area contributed by atoms with Crippen molar-refractivity contribution in [1.82, 2.24) is 0 Å². The van der Waals surface area contributed by atoms with Crippen LogP contribution in [0.4, 0.5) is 0 Å². The van der Waals surface area contributed by atoms with Crippen LogP contribution >= 0.6 is 0 Å². The quantitative estimate of drug-likeness (QED) is 0.554. The SMILES string of the molecule is CC(=O)C(=O)O.NCC(O)c1ccc(O)cc1. The van der Waals surface area contributed by atoms with Crippen LogP contribution in [0.3, 0.4) is 0 Å². The third-order valence-electron chi connectivity index (χ3n) is 1.80. The Morgan fingerprint density at radius 1 is 1.29 bits per heavy atom. The van der Waals surface area contributed by atoms with Gasteiger partial charge in [0.1, 0.15) is 5.75 Å². The minimum Gasteiger partial charge on any atom is -0.508 e. The Morgan fingerprint density at radius 3 is 2.00 bits per heavy atom. The molecule has 0 fully saturated rings. The van der Waals surface area contributed by atoms with Gasteiger partial charge in [-0.25, -0.2) is 4.79 Å². The van der Waals surface area contributed by atoms with Crippen molar-refractivity contribution in [3.8, 4) is 5.75 Å². The number of hydrogen-bond acceptors (Lipinski definition) is 5. The van der Waals surface area contributed by atoms with Crippen LogP contribution in [-0.2, 0) is 9.59 Å². The summed E-state index contributed by atoms with van der Waals surface area (Å²) in [5, 5.41) is 25.8. The first kappa shape index (κ1) is 15.1. The minimum atomic E-state index is -1.38. The second-order valence-electron chi connectivity index (χ2n) is 3.20. The number of aliphatic hydroxyl groups is 1. The first-order valence-electron chi connectivity index (χ1n) is 4.79. The van der Waals surface area contributed by atoms with Gasteiger partial charge in [-0.15, -0.1) is 0 Å². The summed E-state index contributed by atoms with van der Waals surface area (Å²) < 4.78 is 0. The molecular formula is C11H15NO5. The molecule has 1 rings (SSSR count). The molecule has 1 aromatic rings. The molecule has 0 aromatic heterocycles. The molecule has 0 aliphatic heterocycles. The molecule has 94 valence electrons. The number of aliphatic hydroxyl groups excluding tert-OH is 1. The van der Waals surface area contributed by atoms with Gasteiger partial charge in [0, 0.05) is 13.5 Å². The lowest BCUT2D eigenvalue weighted by Gasteiger charge is -2.06. The normalized spacial score (nSPS) is 11.0. The summed E-state index contributed by atoms with van der Waals surface area (Å²) in [6.45, 7) is 1.20. The van der Waals surface area contributed by atoms with E-state index in [0.717, 1.165) is 12.5 Å². The lowest BCUT2D eigenvalue weighted by atomic mass is 10.1. The fraction of sp³-hybridized carbons (Fsp3) is 0.273. The average Bonchev–Trinajstić information content (AvgIpc) is 2.29. The number of nitrogens with two attached hydrogens (primary N) is 1. The molecule has 0 bridgehead atoms. The first-order valence-corrected chi connectivity index (χ1v) is 4.79. The Kier molecular flexibility index (Phi) is 6.54. The van der Waals surface area contributed by atoms with Crippen LogP contribution in [0.15, 0.2) is 24.3 Å². The Hall–Kier alpha value is -1.92. The van der Waals surface area contributed by atoms with Crippen molar-refractivity contribution in [2.75, 3.05) is 6.54 Å². The zero-order valence-electron chi connectivity index (χ0n) is 9.33. The predicted octanol–water partition coefficient (Wildman–Crippen LogP) is 0.0443. The first-order chi connectivity index (χ1) is 7.88. The number of phenols is 1. The highest BCUT2D eigenvalue weighted by molar-refractivity contribution is 6.31. The maximum Gasteiger partial charge on any atom is 0.371 e. The van der Waals surface area contributed by atoms with E-state index in [1.54, 1.807) is 12.1 Å². The second kappa shape index (κ2) is 7.37. The molecule has 0 spiro atoms. The van der Waals surface area contributed by atoms with Crippen LogP contribution in [0.5, 0.6) is 5.75 Å². The van der Waals surface area contributed by atoms with Crippen LogP contribution in [-0.4, -0.2) is 33.6 Å². The summed E-state index contributed by atoms with van der Waals surface area (Å²) in [4.78, 5) is 18.9. The highest BCUT2D eigenvalue weighted by atomic mass is 16.4. The predicted molar refractivity (Wildman–Crippen MR) is 60.4 cm³/mol. The maximum absolute atomic E-state index is 9.54. The van der Waals surface area contributed by atoms with E-state index in [9.17, 15) is 14.7 Å². The monoisotopic (exact) mass is 241 g/mol. The summed E-state index contributed by atoms with van der Waals surface area (Å²) >= 11 is 0. The molecule has 6 heteroatoms. The van der Waals surface area contributed by atoms with Crippen molar-refractivity contribution in [3.63, 3.8) is 0 Å². The highest BCUT2D eigenvalue weighted by Gasteiger charge is 2.03. The Labute approximate surface area is 98.3 Å². The summed E-state index contributed by atoms with van der Waals surface area (Å²) in [7, 11) is 0. The third-order valence-corrected chi connectivity index (χ3v) is 1.80. The van der Waals surface area contributed by atoms with Gasteiger partial charge >= 0.3 is 5.97 Å². The Balaban J connectivity index is 0.000000366. The number of aromatic hydroxyl groups is 1. The van der Waals surface area contributed by atoms with E-state index in [-0.39, 0.29) is 12.3 Å². The second-order valence-corrected chi connectivity index (χ2v) is 3.20. The smallest absolute Gasteiger partial charge is 0.371 e. The lowest BCUT2D eigenvalue weighted by molar-refractivity contribution is -0.148. The number of benzene rings is 1. The van der Waals surface area contributed by atoms with E-state index >= 15 is 0 Å². The Morgan fingerprint density at radius 2 is 1.71 bits per heavy atom. The van der Waals surface area contributed by atoms with E-state index in [4.69, 9.17) is 15.9 Å². The van der Waals surface area contributed by atoms with Gasteiger partial charge in [-0.1, -0.05) is 12.1 Å². The molecule has 17 heavy (non-hydrogen) atoms. The number of carbonyl (C=O) groups excluding carboxylic acids is 1. The molecule has 0 aliphatic rings. The molecule has 0 saturated carbocycles. The fourth-order valence-corrected chi connectivity index (χ4v) is 0.833. The summed E-state index contributed by atoms with van der Waals surface area (Å²) in [5.74, 6) is -2.01. The van der Waals surface area contributed by atoms with Crippen LogP contribution in [0.1, 0.15) is 18.6 Å². The number of phenolic OH excluding ortho intramolecular Hbond substituents is 1. The van der Waals surface area contributed by atoms with Crippen molar-refractivity contribution in [1.29, 1.82) is 0 Å². The lowest BCUT2D eigenvalue weighted by Crippen LogP contribution is -2.10. The van der Waals surface area contributed by atoms with Crippen LogP contribution in [0.2, 0.25) is 0 Å². The van der Waals surface area contributed by atoms with Gasteiger partial charge in [0.2, 0.25) is 5.78 Å². The topological polar surface area (TPSA) is 121 Å². The molecule has 0 radical (unpaired) electrons. The van der Waals surface area contributed by atoms with Gasteiger partial charge in [0.05, 0.1) is 6.10 Å². The molecule has 1 unspecified atom stereocenters. The van der Waals surface area contributed by atoms with Crippen molar-refractivity contribution >= 4 is 11.8 Å². The van der Waals surface area contributed by atoms with E-state index in [1.165, 1.54) is 12.1 Å². The zero-order valence-corrected chi connectivity index (χ0v) is 9.33. The van der Waals surface area contributed by atoms with Crippen molar-refractivity contribution in [2.45, 2.75) is 13.0 Å². The fourth-order valence-electron chi connectivity index (χ4n) is 0.833. The van der Waals surface area contributed by atoms with Crippen LogP contribution in [0, 0.1) is 0 Å². The van der Waals surface area contributed by atoms with E-state index in [0.29, 0.717) is 0 Å². The van der Waals surface area contributed by atoms with Crippen molar-refractivity contribution in [3.05, 3.63) is 29.8 Å². The van der Waals surface area contributed by atoms with Crippen LogP contribution < -0.4 is 5.73 Å². The summed E-state index contributed by atoms with van der Waals surface area (Å²) in [5.41, 5.74) is 5.96. The van der Waals surface area contributed by atoms with Gasteiger partial charge in [0.15, 0.2) is 0 Å². The molecule has 5 N–H and O–H groups in total. The highest BCUT2D eigenvalue weighted by Crippen LogP contribution is 2.15. The Bertz CT molecular complexity index is 362. The molecule has 6 nitrogen and oxygen atoms in total. The van der Waals surface area contributed by atoms with Gasteiger partial charge in [-0.3, -0.25) is 4.79 Å². The number of ketones is 1. The van der Waals surface area contributed by atoms with Gasteiger partial charge < -0.3 is 21.1 Å². The molecule has 0 heterocycles. The molecule has 1 atom stereocenters. The number of carboxylic acids is 1. The average molecular weight is 241 g/mol. The molecule has 0 amide bonds. The summed E-state index contributed by atoms with van der Waals surface area (Å²) in [6, 6.07) is 6.34. The van der Waals surface area contributed by atoms with E-state index in [2.05, 4.69) is 0 Å². The number of rotatable bonds is 3. The summed E-state index contributed by atoms with van der Waals surface area (Å²) in [6.07, 6.45) is -0.629. The maximum atomic E-state index is 9.54. The number of Topliss-reactive ketones (excluding diaryl/α,β-unsaturated/α-hetero) is 1.